The van der Waals surface area contributed by atoms with Crippen molar-refractivity contribution in [2.24, 2.45) is 21.7 Å². The Balaban J connectivity index is 0. The first kappa shape index (κ1) is 16.1. The van der Waals surface area contributed by atoms with Crippen LogP contribution in [0.2, 0.25) is 0 Å². The van der Waals surface area contributed by atoms with E-state index in [0.717, 1.165) is 11.3 Å². The first-order valence-electron chi connectivity index (χ1n) is 4.62. The topological polar surface area (TPSA) is 146 Å². The van der Waals surface area contributed by atoms with Crippen molar-refractivity contribution in [2.45, 2.75) is 6.92 Å². The second kappa shape index (κ2) is 9.20. The standard InChI is InChI=1S/C9H12N4.HO4P.H2/c1-7(12-13-9(10)11)8-5-3-2-4-6-8;1-4-5(2)3;/h2-6H,1H3,(H4,10,11,13);1H;1H/b12-7+;;. The Morgan fingerprint density at radius 1 is 1.39 bits per heavy atom. The number of rotatable bonds is 3. The molecule has 0 aliphatic rings. The van der Waals surface area contributed by atoms with Gasteiger partial charge in [0.1, 0.15) is 0 Å². The predicted molar refractivity (Wildman–Crippen MR) is 67.9 cm³/mol. The van der Waals surface area contributed by atoms with Crippen LogP contribution in [0.4, 0.5) is 0 Å². The van der Waals surface area contributed by atoms with E-state index in [1.807, 2.05) is 37.3 Å². The largest absolute Gasteiger partial charge is 0.565 e. The lowest BCUT2D eigenvalue weighted by molar-refractivity contribution is -0.244. The van der Waals surface area contributed by atoms with E-state index in [4.69, 9.17) is 26.2 Å². The summed E-state index contributed by atoms with van der Waals surface area (Å²) in [5, 5.41) is 14.5. The van der Waals surface area contributed by atoms with Crippen LogP contribution in [0.1, 0.15) is 13.9 Å². The minimum Gasteiger partial charge on any atom is -0.565 e. The number of nitrogens with two attached hydrogens (primary N) is 2. The van der Waals surface area contributed by atoms with Crippen molar-refractivity contribution in [1.29, 1.82) is 0 Å². The zero-order chi connectivity index (χ0) is 14.0. The Labute approximate surface area is 106 Å². The van der Waals surface area contributed by atoms with E-state index in [1.54, 1.807) is 0 Å². The third-order valence-corrected chi connectivity index (χ3v) is 1.71. The van der Waals surface area contributed by atoms with E-state index >= 15 is 0 Å². The Bertz CT molecular complexity index is 437. The SMILES string of the molecule is C/C(=N\N=C(N)N)c1ccccc1.O=[P+]([O-])OO.[HH]. The summed E-state index contributed by atoms with van der Waals surface area (Å²) in [4.78, 5) is 8.93. The van der Waals surface area contributed by atoms with Crippen LogP contribution in [0.25, 0.3) is 0 Å². The van der Waals surface area contributed by atoms with Crippen LogP contribution in [0, 0.1) is 0 Å². The highest BCUT2D eigenvalue weighted by Crippen LogP contribution is 2.02. The smallest absolute Gasteiger partial charge is 0.521 e. The zero-order valence-electron chi connectivity index (χ0n) is 9.56. The number of benzene rings is 1. The molecule has 0 amide bonds. The molecule has 0 bridgehead atoms. The fourth-order valence-electron chi connectivity index (χ4n) is 0.870. The highest BCUT2D eigenvalue weighted by atomic mass is 31.1. The van der Waals surface area contributed by atoms with Crippen LogP contribution in [0.15, 0.2) is 40.5 Å². The third-order valence-electron chi connectivity index (χ3n) is 1.57. The number of guanidine groups is 1. The quantitative estimate of drug-likeness (QED) is 0.239. The van der Waals surface area contributed by atoms with E-state index in [2.05, 4.69) is 14.9 Å². The van der Waals surface area contributed by atoms with Crippen molar-refractivity contribution >= 4 is 19.9 Å². The third kappa shape index (κ3) is 8.31. The van der Waals surface area contributed by atoms with Gasteiger partial charge in [0.2, 0.25) is 5.96 Å². The lowest BCUT2D eigenvalue weighted by atomic mass is 10.1. The maximum atomic E-state index is 8.93. The maximum absolute atomic E-state index is 8.93. The summed E-state index contributed by atoms with van der Waals surface area (Å²) >= 11 is 0. The Kier molecular flexibility index (Phi) is 8.25. The van der Waals surface area contributed by atoms with Crippen molar-refractivity contribution in [3.63, 3.8) is 0 Å². The normalized spacial score (nSPS) is 11.1. The molecule has 0 aliphatic heterocycles. The highest BCUT2D eigenvalue weighted by Gasteiger charge is 1.93. The monoisotopic (exact) mass is 274 g/mol. The van der Waals surface area contributed by atoms with Gasteiger partial charge in [-0.3, -0.25) is 0 Å². The van der Waals surface area contributed by atoms with Gasteiger partial charge in [0.25, 0.3) is 0 Å². The average Bonchev–Trinajstić information content (AvgIpc) is 2.37. The summed E-state index contributed by atoms with van der Waals surface area (Å²) < 4.78 is 11.6. The maximum Gasteiger partial charge on any atom is 0.521 e. The van der Waals surface area contributed by atoms with Crippen molar-refractivity contribution in [3.8, 4) is 0 Å². The molecule has 1 aromatic carbocycles. The number of hydrogen-bond acceptors (Lipinski definition) is 6. The van der Waals surface area contributed by atoms with Crippen molar-refractivity contribution < 1.29 is 20.8 Å². The molecule has 1 aromatic rings. The first-order chi connectivity index (χ1) is 8.47. The molecule has 0 spiro atoms. The van der Waals surface area contributed by atoms with Crippen LogP contribution >= 0.6 is 8.25 Å². The molecule has 0 saturated heterocycles. The summed E-state index contributed by atoms with van der Waals surface area (Å²) in [5.74, 6) is -0.0321. The minimum atomic E-state index is -3.04. The van der Waals surface area contributed by atoms with Crippen molar-refractivity contribution in [1.82, 2.24) is 0 Å². The molecule has 0 radical (unpaired) electrons. The van der Waals surface area contributed by atoms with Crippen LogP contribution < -0.4 is 16.4 Å². The van der Waals surface area contributed by atoms with Gasteiger partial charge >= 0.3 is 8.25 Å². The van der Waals surface area contributed by atoms with Gasteiger partial charge in [0, 0.05) is 6.10 Å². The van der Waals surface area contributed by atoms with E-state index in [0.29, 0.717) is 0 Å². The minimum absolute atomic E-state index is 0. The molecule has 0 aromatic heterocycles. The van der Waals surface area contributed by atoms with Crippen LogP contribution in [0.3, 0.4) is 0 Å². The summed E-state index contributed by atoms with van der Waals surface area (Å²) in [6, 6.07) is 9.70. The Morgan fingerprint density at radius 3 is 2.28 bits per heavy atom. The molecule has 100 valence electrons. The Morgan fingerprint density at radius 2 is 1.89 bits per heavy atom. The summed E-state index contributed by atoms with van der Waals surface area (Å²) in [5.41, 5.74) is 12.1. The number of hydrogen-bond donors (Lipinski definition) is 3. The molecule has 8 nitrogen and oxygen atoms in total. The van der Waals surface area contributed by atoms with Gasteiger partial charge in [-0.25, -0.2) is 5.26 Å². The van der Waals surface area contributed by atoms with E-state index in [9.17, 15) is 0 Å². The molecular weight excluding hydrogens is 259 g/mol. The molecule has 5 N–H and O–H groups in total. The van der Waals surface area contributed by atoms with Gasteiger partial charge in [-0.05, 0) is 17.1 Å². The fraction of sp³-hybridized carbons (Fsp3) is 0.111. The molecule has 0 heterocycles. The Hall–Kier alpha value is -1.86. The van der Waals surface area contributed by atoms with Gasteiger partial charge in [-0.1, -0.05) is 30.3 Å². The first-order valence-corrected chi connectivity index (χ1v) is 5.71. The second-order valence-electron chi connectivity index (χ2n) is 2.88. The summed E-state index contributed by atoms with van der Waals surface area (Å²) in [6.07, 6.45) is 0. The fourth-order valence-corrected chi connectivity index (χ4v) is 0.870. The lowest BCUT2D eigenvalue weighted by Gasteiger charge is -1.96. The van der Waals surface area contributed by atoms with Crippen molar-refractivity contribution in [3.05, 3.63) is 35.9 Å². The van der Waals surface area contributed by atoms with Crippen LogP contribution in [0.5, 0.6) is 0 Å². The predicted octanol–water partition coefficient (Wildman–Crippen LogP) is 0.424. The zero-order valence-corrected chi connectivity index (χ0v) is 10.4. The summed E-state index contributed by atoms with van der Waals surface area (Å²) in [7, 11) is -3.04. The van der Waals surface area contributed by atoms with Gasteiger partial charge in [0.15, 0.2) is 0 Å². The average molecular weight is 274 g/mol. The molecule has 9 heteroatoms. The van der Waals surface area contributed by atoms with Crippen LogP contribution in [-0.2, 0) is 9.24 Å². The molecule has 0 aliphatic carbocycles. The molecule has 0 saturated carbocycles. The van der Waals surface area contributed by atoms with Crippen molar-refractivity contribution in [2.75, 3.05) is 0 Å². The molecule has 1 rings (SSSR count). The lowest BCUT2D eigenvalue weighted by Crippen LogP contribution is -2.22. The van der Waals surface area contributed by atoms with Crippen LogP contribution in [-0.4, -0.2) is 16.9 Å². The molecule has 1 atom stereocenters. The van der Waals surface area contributed by atoms with Gasteiger partial charge < -0.3 is 16.4 Å². The van der Waals surface area contributed by atoms with Gasteiger partial charge in [-0.15, -0.1) is 5.10 Å². The second-order valence-corrected chi connectivity index (χ2v) is 3.49. The van der Waals surface area contributed by atoms with E-state index in [1.165, 1.54) is 0 Å². The molecule has 18 heavy (non-hydrogen) atoms. The van der Waals surface area contributed by atoms with Gasteiger partial charge in [0.05, 0.1) is 5.71 Å². The summed E-state index contributed by atoms with van der Waals surface area (Å²) in [6.45, 7) is 1.85. The highest BCUT2D eigenvalue weighted by molar-refractivity contribution is 7.30. The number of nitrogens with zero attached hydrogens (tertiary/aromatic N) is 2. The van der Waals surface area contributed by atoms with E-state index in [-0.39, 0.29) is 7.39 Å². The molecular formula is C9H15N4O4P. The van der Waals surface area contributed by atoms with E-state index < -0.39 is 8.25 Å². The molecule has 0 fully saturated rings. The molecule has 1 unspecified atom stereocenters. The van der Waals surface area contributed by atoms with Gasteiger partial charge in [-0.2, -0.15) is 5.10 Å².